The normalized spacial score (nSPS) is 19.1. The smallest absolute Gasteiger partial charge is 0.205 e. The molecule has 0 unspecified atom stereocenters. The Bertz CT molecular complexity index is 1290. The molecule has 2 aliphatic rings. The van der Waals surface area contributed by atoms with Crippen LogP contribution in [-0.4, -0.2) is 15.3 Å². The number of carbonyl (C=O) groups is 1. The number of para-hydroxylation sites is 2. The third-order valence-corrected chi connectivity index (χ3v) is 6.95. The molecular weight excluding hydrogens is 396 g/mol. The summed E-state index contributed by atoms with van der Waals surface area (Å²) >= 11 is 1.61. The van der Waals surface area contributed by atoms with Crippen molar-refractivity contribution in [2.24, 2.45) is 5.73 Å². The maximum absolute atomic E-state index is 12.8. The van der Waals surface area contributed by atoms with Gasteiger partial charge in [-0.25, -0.2) is 4.98 Å². The Labute approximate surface area is 177 Å². The van der Waals surface area contributed by atoms with Gasteiger partial charge in [-0.05, 0) is 37.1 Å². The van der Waals surface area contributed by atoms with Gasteiger partial charge in [-0.3, -0.25) is 4.79 Å². The van der Waals surface area contributed by atoms with Crippen molar-refractivity contribution in [3.05, 3.63) is 74.8 Å². The number of Topliss-reactive ketones (excluding diaryl/α,β-unsaturated/α-hetero) is 1. The lowest BCUT2D eigenvalue weighted by Crippen LogP contribution is -2.27. The van der Waals surface area contributed by atoms with Crippen LogP contribution in [0, 0.1) is 18.3 Å². The zero-order valence-corrected chi connectivity index (χ0v) is 17.3. The molecule has 3 heterocycles. The zero-order chi connectivity index (χ0) is 20.8. The third-order valence-electron chi connectivity index (χ3n) is 5.80. The van der Waals surface area contributed by atoms with E-state index in [0.29, 0.717) is 36.3 Å². The second kappa shape index (κ2) is 7.15. The first-order valence-corrected chi connectivity index (χ1v) is 10.7. The van der Waals surface area contributed by atoms with Crippen LogP contribution in [0.2, 0.25) is 0 Å². The predicted octanol–water partition coefficient (Wildman–Crippen LogP) is 4.27. The van der Waals surface area contributed by atoms with Crippen molar-refractivity contribution in [2.75, 3.05) is 0 Å². The van der Waals surface area contributed by atoms with Gasteiger partial charge in [0.15, 0.2) is 5.78 Å². The van der Waals surface area contributed by atoms with Crippen LogP contribution >= 0.6 is 11.3 Å². The Morgan fingerprint density at radius 3 is 3.03 bits per heavy atom. The van der Waals surface area contributed by atoms with Crippen molar-refractivity contribution >= 4 is 28.2 Å². The molecule has 2 aromatic heterocycles. The number of hydrogen-bond donors (Lipinski definition) is 1. The van der Waals surface area contributed by atoms with Gasteiger partial charge in [0.2, 0.25) is 5.88 Å². The molecular formula is C23H20N4O2S. The molecule has 7 heteroatoms. The zero-order valence-electron chi connectivity index (χ0n) is 16.5. The molecule has 0 spiro atoms. The topological polar surface area (TPSA) is 93.9 Å². The van der Waals surface area contributed by atoms with Gasteiger partial charge >= 0.3 is 0 Å². The van der Waals surface area contributed by atoms with E-state index in [9.17, 15) is 10.1 Å². The molecule has 2 N–H and O–H groups in total. The quantitative estimate of drug-likeness (QED) is 0.688. The largest absolute Gasteiger partial charge is 0.444 e. The van der Waals surface area contributed by atoms with Gasteiger partial charge in [-0.1, -0.05) is 12.1 Å². The molecule has 0 radical (unpaired) electrons. The maximum Gasteiger partial charge on any atom is 0.205 e. The van der Waals surface area contributed by atoms with Gasteiger partial charge in [0, 0.05) is 28.2 Å². The lowest BCUT2D eigenvalue weighted by atomic mass is 9.80. The molecule has 0 amide bonds. The number of nitrogens with two attached hydrogens (primary N) is 1. The number of allylic oxidation sites excluding steroid dienone is 3. The number of thiophene rings is 1. The fraction of sp³-hybridized carbons (Fsp3) is 0.261. The minimum Gasteiger partial charge on any atom is -0.444 e. The Morgan fingerprint density at radius 1 is 1.37 bits per heavy atom. The molecule has 1 aliphatic heterocycles. The number of hydrogen-bond acceptors (Lipinski definition) is 6. The van der Waals surface area contributed by atoms with Gasteiger partial charge < -0.3 is 15.0 Å². The van der Waals surface area contributed by atoms with Crippen molar-refractivity contribution in [3.8, 4) is 6.07 Å². The molecule has 0 bridgehead atoms. The average Bonchev–Trinajstić information content (AvgIpc) is 3.31. The van der Waals surface area contributed by atoms with E-state index in [0.717, 1.165) is 32.8 Å². The summed E-state index contributed by atoms with van der Waals surface area (Å²) in [6.07, 6.45) is 3.76. The summed E-state index contributed by atoms with van der Waals surface area (Å²) in [5.74, 6) is 0.350. The molecule has 30 heavy (non-hydrogen) atoms. The second-order valence-corrected chi connectivity index (χ2v) is 8.92. The summed E-state index contributed by atoms with van der Waals surface area (Å²) in [7, 11) is 0. The van der Waals surface area contributed by atoms with Crippen LogP contribution in [0.4, 0.5) is 0 Å². The number of ketones is 1. The van der Waals surface area contributed by atoms with Crippen LogP contribution < -0.4 is 5.73 Å². The SMILES string of the molecule is Cc1sc([C@H]2C(C#N)=C(N)OC3=C2C(=O)CCC3)cc1Cn1cnc2ccccc21. The van der Waals surface area contributed by atoms with E-state index in [1.165, 1.54) is 0 Å². The molecule has 1 aromatic carbocycles. The van der Waals surface area contributed by atoms with Gasteiger partial charge in [-0.2, -0.15) is 5.26 Å². The minimum absolute atomic E-state index is 0.0507. The molecule has 6 nitrogen and oxygen atoms in total. The number of nitrogens with zero attached hydrogens (tertiary/aromatic N) is 3. The van der Waals surface area contributed by atoms with Crippen molar-refractivity contribution in [1.29, 1.82) is 5.26 Å². The van der Waals surface area contributed by atoms with Gasteiger partial charge in [0.25, 0.3) is 0 Å². The van der Waals surface area contributed by atoms with E-state index in [1.807, 2.05) is 24.5 Å². The standard InChI is InChI=1S/C23H20N4O2S/c1-13-14(11-27-12-26-16-5-2-3-6-17(16)27)9-20(30-13)21-15(10-24)23(25)29-19-8-4-7-18(28)22(19)21/h2-3,5-6,9,12,21H,4,7-8,11,25H2,1H3/t21-/m1/s1. The highest BCUT2D eigenvalue weighted by molar-refractivity contribution is 7.12. The monoisotopic (exact) mass is 416 g/mol. The van der Waals surface area contributed by atoms with Crippen LogP contribution in [0.15, 0.2) is 59.4 Å². The van der Waals surface area contributed by atoms with E-state index in [2.05, 4.69) is 34.7 Å². The van der Waals surface area contributed by atoms with E-state index in [1.54, 1.807) is 11.3 Å². The molecule has 150 valence electrons. The van der Waals surface area contributed by atoms with E-state index < -0.39 is 5.92 Å². The minimum atomic E-state index is -0.441. The van der Waals surface area contributed by atoms with Crippen LogP contribution in [0.25, 0.3) is 11.0 Å². The number of fused-ring (bicyclic) bond motifs is 1. The number of aryl methyl sites for hydroxylation is 1. The first-order chi connectivity index (χ1) is 14.6. The first kappa shape index (κ1) is 18.6. The maximum atomic E-state index is 12.8. The van der Waals surface area contributed by atoms with E-state index in [-0.39, 0.29) is 11.7 Å². The summed E-state index contributed by atoms with van der Waals surface area (Å²) < 4.78 is 7.79. The molecule has 0 fully saturated rings. The fourth-order valence-corrected chi connectivity index (χ4v) is 5.47. The van der Waals surface area contributed by atoms with Crippen LogP contribution in [0.1, 0.15) is 40.5 Å². The number of aromatic nitrogens is 2. The highest BCUT2D eigenvalue weighted by Crippen LogP contribution is 2.45. The van der Waals surface area contributed by atoms with Crippen molar-refractivity contribution in [3.63, 3.8) is 0 Å². The summed E-state index contributed by atoms with van der Waals surface area (Å²) in [6, 6.07) is 12.3. The molecule has 3 aromatic rings. The fourth-order valence-electron chi connectivity index (χ4n) is 4.30. The predicted molar refractivity (Wildman–Crippen MR) is 114 cm³/mol. The first-order valence-electron chi connectivity index (χ1n) is 9.89. The van der Waals surface area contributed by atoms with E-state index in [4.69, 9.17) is 10.5 Å². The lowest BCUT2D eigenvalue weighted by molar-refractivity contribution is -0.116. The number of imidazole rings is 1. The van der Waals surface area contributed by atoms with Crippen molar-refractivity contribution < 1.29 is 9.53 Å². The van der Waals surface area contributed by atoms with Crippen LogP contribution in [0.5, 0.6) is 0 Å². The number of nitriles is 1. The van der Waals surface area contributed by atoms with Gasteiger partial charge in [0.1, 0.15) is 17.4 Å². The third kappa shape index (κ3) is 2.92. The summed E-state index contributed by atoms with van der Waals surface area (Å²) in [6.45, 7) is 2.74. The summed E-state index contributed by atoms with van der Waals surface area (Å²) in [5, 5.41) is 9.76. The summed E-state index contributed by atoms with van der Waals surface area (Å²) in [4.78, 5) is 19.3. The average molecular weight is 417 g/mol. The number of rotatable bonds is 3. The van der Waals surface area contributed by atoms with Gasteiger partial charge in [-0.15, -0.1) is 11.3 Å². The van der Waals surface area contributed by atoms with Crippen molar-refractivity contribution in [2.45, 2.75) is 38.6 Å². The Hall–Kier alpha value is -3.37. The lowest BCUT2D eigenvalue weighted by Gasteiger charge is -2.30. The number of ether oxygens (including phenoxy) is 1. The van der Waals surface area contributed by atoms with E-state index >= 15 is 0 Å². The van der Waals surface area contributed by atoms with Crippen molar-refractivity contribution in [1.82, 2.24) is 9.55 Å². The molecule has 1 aliphatic carbocycles. The molecule has 0 saturated carbocycles. The molecule has 5 rings (SSSR count). The van der Waals surface area contributed by atoms with Crippen LogP contribution in [-0.2, 0) is 16.1 Å². The Kier molecular flexibility index (Phi) is 4.44. The number of benzene rings is 1. The Morgan fingerprint density at radius 2 is 2.20 bits per heavy atom. The highest BCUT2D eigenvalue weighted by Gasteiger charge is 2.39. The summed E-state index contributed by atoms with van der Waals surface area (Å²) in [5.41, 5.74) is 10.2. The van der Waals surface area contributed by atoms with Gasteiger partial charge in [0.05, 0.1) is 29.8 Å². The number of carbonyl (C=O) groups excluding carboxylic acids is 1. The highest BCUT2D eigenvalue weighted by atomic mass is 32.1. The second-order valence-electron chi connectivity index (χ2n) is 7.63. The van der Waals surface area contributed by atoms with Crippen LogP contribution in [0.3, 0.4) is 0 Å². The molecule has 1 atom stereocenters. The Balaban J connectivity index is 1.57. The molecule has 0 saturated heterocycles.